The third-order valence-corrected chi connectivity index (χ3v) is 4.76. The maximum Gasteiger partial charge on any atom is 0.407 e. The number of rotatable bonds is 8. The zero-order valence-corrected chi connectivity index (χ0v) is 16.4. The summed E-state index contributed by atoms with van der Waals surface area (Å²) in [6, 6.07) is 12.3. The fraction of sp³-hybridized carbons (Fsp3) is 0.429. The summed E-state index contributed by atoms with van der Waals surface area (Å²) in [5.74, 6) is 0.273. The summed E-state index contributed by atoms with van der Waals surface area (Å²) >= 11 is 0. The molecule has 1 fully saturated rings. The number of carbonyl (C=O) groups is 2. The predicted octanol–water partition coefficient (Wildman–Crippen LogP) is 2.30. The summed E-state index contributed by atoms with van der Waals surface area (Å²) in [5, 5.41) is 4.84. The van der Waals surface area contributed by atoms with Crippen LogP contribution in [0.2, 0.25) is 0 Å². The monoisotopic (exact) mass is 402 g/mol. The molecule has 0 spiro atoms. The maximum atomic E-state index is 11.3. The first-order valence-electron chi connectivity index (χ1n) is 9.55. The van der Waals surface area contributed by atoms with Gasteiger partial charge < -0.3 is 30.0 Å². The number of alkyl carbamates (subject to hydrolysis) is 1. The Balaban J connectivity index is 1.46. The molecule has 2 aromatic rings. The van der Waals surface area contributed by atoms with Gasteiger partial charge in [-0.05, 0) is 34.9 Å². The van der Waals surface area contributed by atoms with Gasteiger partial charge in [-0.25, -0.2) is 4.79 Å². The Morgan fingerprint density at radius 1 is 1.21 bits per heavy atom. The predicted molar refractivity (Wildman–Crippen MR) is 107 cm³/mol. The molecule has 8 nitrogen and oxygen atoms in total. The molecular formula is C21H26N2O6. The Labute approximate surface area is 169 Å². The number of nitrogens with two attached hydrogens (primary N) is 1. The van der Waals surface area contributed by atoms with Crippen LogP contribution in [0.25, 0.3) is 10.8 Å². The Hall–Kier alpha value is -2.84. The Morgan fingerprint density at radius 3 is 2.72 bits per heavy atom. The Kier molecular flexibility index (Phi) is 7.26. The van der Waals surface area contributed by atoms with Crippen LogP contribution in [0, 0.1) is 0 Å². The van der Waals surface area contributed by atoms with Crippen molar-refractivity contribution in [1.82, 2.24) is 5.32 Å². The van der Waals surface area contributed by atoms with E-state index in [-0.39, 0.29) is 12.2 Å². The van der Waals surface area contributed by atoms with E-state index in [4.69, 9.17) is 19.9 Å². The Bertz CT molecular complexity index is 848. The first-order chi connectivity index (χ1) is 14.1. The van der Waals surface area contributed by atoms with Crippen molar-refractivity contribution < 1.29 is 28.5 Å². The average molecular weight is 402 g/mol. The molecule has 1 aliphatic heterocycles. The van der Waals surface area contributed by atoms with Gasteiger partial charge in [0.25, 0.3) is 5.91 Å². The van der Waals surface area contributed by atoms with Crippen LogP contribution in [0.4, 0.5) is 4.79 Å². The van der Waals surface area contributed by atoms with Crippen LogP contribution in [-0.2, 0) is 19.0 Å². The molecule has 0 bridgehead atoms. The second-order valence-electron chi connectivity index (χ2n) is 6.84. The third kappa shape index (κ3) is 5.82. The second kappa shape index (κ2) is 10.1. The molecule has 0 saturated carbocycles. The van der Waals surface area contributed by atoms with Gasteiger partial charge in [0.05, 0.1) is 20.3 Å². The summed E-state index contributed by atoms with van der Waals surface area (Å²) in [7, 11) is 1.66. The number of primary amides is 1. The third-order valence-electron chi connectivity index (χ3n) is 4.76. The van der Waals surface area contributed by atoms with E-state index >= 15 is 0 Å². The number of methoxy groups -OCH3 is 1. The van der Waals surface area contributed by atoms with Crippen LogP contribution < -0.4 is 15.8 Å². The summed E-state index contributed by atoms with van der Waals surface area (Å²) in [6.45, 7) is 1.10. The maximum absolute atomic E-state index is 11.3. The van der Waals surface area contributed by atoms with Gasteiger partial charge in [0.15, 0.2) is 12.9 Å². The summed E-state index contributed by atoms with van der Waals surface area (Å²) < 4.78 is 21.7. The zero-order valence-electron chi connectivity index (χ0n) is 16.4. The molecule has 2 amide bonds. The number of hydrogen-bond donors (Lipinski definition) is 2. The minimum Gasteiger partial charge on any atom is -0.497 e. The van der Waals surface area contributed by atoms with Crippen molar-refractivity contribution in [1.29, 1.82) is 0 Å². The van der Waals surface area contributed by atoms with Gasteiger partial charge in [-0.15, -0.1) is 0 Å². The lowest BCUT2D eigenvalue weighted by molar-refractivity contribution is -0.189. The number of fused-ring (bicyclic) bond motifs is 1. The molecule has 0 aliphatic carbocycles. The highest BCUT2D eigenvalue weighted by Crippen LogP contribution is 2.31. The lowest BCUT2D eigenvalue weighted by Gasteiger charge is -2.30. The SMILES string of the molecule is COc1ccc2cccc([C@H]3CO[C@H](CCCNC(=O)OCC(N)=O)OC3)c2c1. The minimum absolute atomic E-state index is 0.143. The van der Waals surface area contributed by atoms with Gasteiger partial charge in [-0.3, -0.25) is 4.79 Å². The molecule has 0 aromatic heterocycles. The number of hydrogen-bond acceptors (Lipinski definition) is 6. The van der Waals surface area contributed by atoms with E-state index in [1.54, 1.807) is 7.11 Å². The van der Waals surface area contributed by atoms with Gasteiger partial charge in [-0.1, -0.05) is 24.3 Å². The highest BCUT2D eigenvalue weighted by Gasteiger charge is 2.24. The highest BCUT2D eigenvalue weighted by molar-refractivity contribution is 5.87. The molecule has 8 heteroatoms. The number of amides is 2. The molecule has 0 atom stereocenters. The molecular weight excluding hydrogens is 376 g/mol. The van der Waals surface area contributed by atoms with Crippen LogP contribution in [0.15, 0.2) is 36.4 Å². The second-order valence-corrected chi connectivity index (χ2v) is 6.84. The topological polar surface area (TPSA) is 109 Å². The highest BCUT2D eigenvalue weighted by atomic mass is 16.7. The first kappa shape index (κ1) is 20.9. The van der Waals surface area contributed by atoms with Gasteiger partial charge in [0, 0.05) is 18.9 Å². The molecule has 3 N–H and O–H groups in total. The fourth-order valence-corrected chi connectivity index (χ4v) is 3.30. The van der Waals surface area contributed by atoms with Crippen molar-refractivity contribution in [3.63, 3.8) is 0 Å². The molecule has 29 heavy (non-hydrogen) atoms. The van der Waals surface area contributed by atoms with Gasteiger partial charge in [-0.2, -0.15) is 0 Å². The number of nitrogens with one attached hydrogen (secondary N) is 1. The molecule has 0 unspecified atom stereocenters. The lowest BCUT2D eigenvalue weighted by Crippen LogP contribution is -2.33. The molecule has 3 rings (SSSR count). The van der Waals surface area contributed by atoms with Crippen molar-refractivity contribution in [2.75, 3.05) is 33.5 Å². The smallest absolute Gasteiger partial charge is 0.407 e. The van der Waals surface area contributed by atoms with Gasteiger partial charge >= 0.3 is 6.09 Å². The van der Waals surface area contributed by atoms with Gasteiger partial charge in [0.1, 0.15) is 5.75 Å². The van der Waals surface area contributed by atoms with Crippen LogP contribution in [0.1, 0.15) is 24.3 Å². The fourth-order valence-electron chi connectivity index (χ4n) is 3.30. The van der Waals surface area contributed by atoms with E-state index in [1.807, 2.05) is 24.3 Å². The van der Waals surface area contributed by atoms with Crippen molar-refractivity contribution in [2.24, 2.45) is 5.73 Å². The molecule has 1 saturated heterocycles. The molecule has 1 heterocycles. The van der Waals surface area contributed by atoms with E-state index in [9.17, 15) is 9.59 Å². The number of benzene rings is 2. The van der Waals surface area contributed by atoms with Crippen LogP contribution >= 0.6 is 0 Å². The largest absolute Gasteiger partial charge is 0.497 e. The van der Waals surface area contributed by atoms with Crippen LogP contribution in [0.3, 0.4) is 0 Å². The lowest BCUT2D eigenvalue weighted by atomic mass is 9.94. The van der Waals surface area contributed by atoms with E-state index in [0.717, 1.165) is 16.5 Å². The van der Waals surface area contributed by atoms with E-state index in [1.165, 1.54) is 5.56 Å². The number of carbonyl (C=O) groups excluding carboxylic acids is 2. The average Bonchev–Trinajstić information content (AvgIpc) is 2.75. The van der Waals surface area contributed by atoms with E-state index in [2.05, 4.69) is 22.2 Å². The first-order valence-corrected chi connectivity index (χ1v) is 9.55. The quantitative estimate of drug-likeness (QED) is 0.656. The summed E-state index contributed by atoms with van der Waals surface area (Å²) in [5.41, 5.74) is 6.09. The molecule has 0 radical (unpaired) electrons. The Morgan fingerprint density at radius 2 is 2.00 bits per heavy atom. The normalized spacial score (nSPS) is 18.9. The van der Waals surface area contributed by atoms with Crippen molar-refractivity contribution >= 4 is 22.8 Å². The van der Waals surface area contributed by atoms with Gasteiger partial charge in [0.2, 0.25) is 0 Å². The van der Waals surface area contributed by atoms with Crippen LogP contribution in [0.5, 0.6) is 5.75 Å². The molecule has 156 valence electrons. The van der Waals surface area contributed by atoms with E-state index < -0.39 is 18.6 Å². The van der Waals surface area contributed by atoms with Crippen LogP contribution in [-0.4, -0.2) is 51.8 Å². The summed E-state index contributed by atoms with van der Waals surface area (Å²) in [6.07, 6.45) is 0.332. The van der Waals surface area contributed by atoms with Crippen molar-refractivity contribution in [2.45, 2.75) is 25.0 Å². The van der Waals surface area contributed by atoms with Crippen molar-refractivity contribution in [3.8, 4) is 5.75 Å². The minimum atomic E-state index is -0.691. The standard InChI is InChI=1S/C21H26N2O6/c1-26-16-8-7-14-4-2-5-17(18(14)10-16)15-11-27-20(28-12-15)6-3-9-23-21(25)29-13-19(22)24/h2,4-5,7-8,10,15,20H,3,6,9,11-13H2,1H3,(H2,22,24)(H,23,25)/t15-,20-. The molecule has 2 aromatic carbocycles. The number of ether oxygens (including phenoxy) is 4. The van der Waals surface area contributed by atoms with E-state index in [0.29, 0.717) is 32.6 Å². The zero-order chi connectivity index (χ0) is 20.6. The summed E-state index contributed by atoms with van der Waals surface area (Å²) in [4.78, 5) is 21.9. The van der Waals surface area contributed by atoms with Crippen molar-refractivity contribution in [3.05, 3.63) is 42.0 Å². The molecule has 1 aliphatic rings.